The summed E-state index contributed by atoms with van der Waals surface area (Å²) in [5, 5.41) is 3.85. The van der Waals surface area contributed by atoms with Crippen LogP contribution in [0.4, 0.5) is 5.69 Å². The molecule has 2 aromatic heterocycles. The van der Waals surface area contributed by atoms with Gasteiger partial charge in [0.1, 0.15) is 4.83 Å². The number of amides is 1. The van der Waals surface area contributed by atoms with Crippen LogP contribution in [0.25, 0.3) is 10.2 Å². The highest BCUT2D eigenvalue weighted by Gasteiger charge is 2.20. The van der Waals surface area contributed by atoms with Crippen molar-refractivity contribution in [1.29, 1.82) is 0 Å². The van der Waals surface area contributed by atoms with Crippen molar-refractivity contribution in [2.45, 2.75) is 64.3 Å². The maximum Gasteiger partial charge on any atom is 0.262 e. The van der Waals surface area contributed by atoms with Crippen LogP contribution < -0.4 is 10.9 Å². The first-order chi connectivity index (χ1) is 14.2. The second kappa shape index (κ2) is 7.75. The standard InChI is InChI=1S/C23H25N3O2S/c27-20(25-18-10-5-7-15-6-1-2-8-16(15)18)12-13-26-14-24-22-21(23(26)28)17-9-3-4-11-19(17)29-22/h5,7,10,14H,1-4,6,8-9,11-13H2,(H,25,27). The van der Waals surface area contributed by atoms with Gasteiger partial charge in [-0.1, -0.05) is 12.1 Å². The zero-order chi connectivity index (χ0) is 19.8. The van der Waals surface area contributed by atoms with Gasteiger partial charge in [-0.25, -0.2) is 4.98 Å². The van der Waals surface area contributed by atoms with Crippen LogP contribution >= 0.6 is 11.3 Å². The molecule has 0 aliphatic heterocycles. The van der Waals surface area contributed by atoms with E-state index in [0.717, 1.165) is 48.0 Å². The van der Waals surface area contributed by atoms with Crippen LogP contribution in [0.3, 0.4) is 0 Å². The average Bonchev–Trinajstić information content (AvgIpc) is 3.13. The van der Waals surface area contributed by atoms with Crippen LogP contribution in [0.2, 0.25) is 0 Å². The minimum absolute atomic E-state index is 0.000657. The van der Waals surface area contributed by atoms with Crippen molar-refractivity contribution in [2.75, 3.05) is 5.32 Å². The maximum atomic E-state index is 13.0. The highest BCUT2D eigenvalue weighted by atomic mass is 32.1. The predicted octanol–water partition coefficient (Wildman–Crippen LogP) is 4.24. The third-order valence-corrected chi connectivity index (χ3v) is 7.39. The number of thiophene rings is 1. The molecule has 0 radical (unpaired) electrons. The summed E-state index contributed by atoms with van der Waals surface area (Å²) in [4.78, 5) is 32.3. The summed E-state index contributed by atoms with van der Waals surface area (Å²) in [6, 6.07) is 6.16. The molecule has 1 aromatic carbocycles. The fourth-order valence-electron chi connectivity index (χ4n) is 4.67. The van der Waals surface area contributed by atoms with Gasteiger partial charge in [0, 0.05) is 23.5 Å². The Hall–Kier alpha value is -2.47. The number of fused-ring (bicyclic) bond motifs is 4. The fraction of sp³-hybridized carbons (Fsp3) is 0.435. The molecule has 1 amide bonds. The Bertz CT molecular complexity index is 1140. The summed E-state index contributed by atoms with van der Waals surface area (Å²) in [5.74, 6) is -0.0525. The fourth-order valence-corrected chi connectivity index (χ4v) is 5.89. The minimum Gasteiger partial charge on any atom is -0.326 e. The Morgan fingerprint density at radius 3 is 2.76 bits per heavy atom. The molecule has 1 N–H and O–H groups in total. The summed E-state index contributed by atoms with van der Waals surface area (Å²) in [5.41, 5.74) is 4.75. The molecule has 0 spiro atoms. The molecule has 0 fully saturated rings. The second-order valence-corrected chi connectivity index (χ2v) is 9.17. The zero-order valence-electron chi connectivity index (χ0n) is 16.5. The molecule has 2 aliphatic rings. The summed E-state index contributed by atoms with van der Waals surface area (Å²) < 4.78 is 1.60. The van der Waals surface area contributed by atoms with E-state index in [-0.39, 0.29) is 17.9 Å². The van der Waals surface area contributed by atoms with E-state index in [9.17, 15) is 9.59 Å². The SMILES string of the molecule is O=C(CCn1cnc2sc3c(c2c1=O)CCCC3)Nc1cccc2c1CCCC2. The molecule has 5 nitrogen and oxygen atoms in total. The van der Waals surface area contributed by atoms with Crippen molar-refractivity contribution in [3.8, 4) is 0 Å². The molecule has 0 bridgehead atoms. The Balaban J connectivity index is 1.33. The number of aryl methyl sites for hydroxylation is 4. The van der Waals surface area contributed by atoms with E-state index in [1.807, 2.05) is 12.1 Å². The second-order valence-electron chi connectivity index (χ2n) is 8.08. The highest BCUT2D eigenvalue weighted by Crippen LogP contribution is 2.33. The lowest BCUT2D eigenvalue weighted by Crippen LogP contribution is -2.24. The first-order valence-electron chi connectivity index (χ1n) is 10.6. The lowest BCUT2D eigenvalue weighted by atomic mass is 9.90. The predicted molar refractivity (Wildman–Crippen MR) is 117 cm³/mol. The molecular weight excluding hydrogens is 382 g/mol. The first kappa shape index (κ1) is 18.6. The Morgan fingerprint density at radius 2 is 1.86 bits per heavy atom. The van der Waals surface area contributed by atoms with Crippen molar-refractivity contribution in [1.82, 2.24) is 9.55 Å². The molecule has 6 heteroatoms. The smallest absolute Gasteiger partial charge is 0.262 e. The largest absolute Gasteiger partial charge is 0.326 e. The lowest BCUT2D eigenvalue weighted by molar-refractivity contribution is -0.116. The van der Waals surface area contributed by atoms with E-state index in [4.69, 9.17) is 0 Å². The van der Waals surface area contributed by atoms with Crippen LogP contribution in [0.15, 0.2) is 29.3 Å². The number of carbonyl (C=O) groups is 1. The van der Waals surface area contributed by atoms with Crippen molar-refractivity contribution < 1.29 is 4.79 Å². The molecule has 0 atom stereocenters. The van der Waals surface area contributed by atoms with E-state index >= 15 is 0 Å². The van der Waals surface area contributed by atoms with E-state index < -0.39 is 0 Å². The van der Waals surface area contributed by atoms with Crippen LogP contribution in [0.1, 0.15) is 53.7 Å². The van der Waals surface area contributed by atoms with Gasteiger partial charge in [-0.05, 0) is 74.1 Å². The summed E-state index contributed by atoms with van der Waals surface area (Å²) in [7, 11) is 0. The molecule has 0 saturated carbocycles. The molecule has 5 rings (SSSR count). The number of aromatic nitrogens is 2. The molecular formula is C23H25N3O2S. The Labute approximate surface area is 173 Å². The van der Waals surface area contributed by atoms with Gasteiger partial charge in [-0.3, -0.25) is 14.2 Å². The van der Waals surface area contributed by atoms with Gasteiger partial charge in [-0.2, -0.15) is 0 Å². The van der Waals surface area contributed by atoms with Crippen molar-refractivity contribution >= 4 is 33.1 Å². The average molecular weight is 408 g/mol. The monoisotopic (exact) mass is 407 g/mol. The van der Waals surface area contributed by atoms with Gasteiger partial charge in [0.25, 0.3) is 5.56 Å². The third-order valence-electron chi connectivity index (χ3n) is 6.19. The van der Waals surface area contributed by atoms with E-state index in [1.165, 1.54) is 40.8 Å². The van der Waals surface area contributed by atoms with Crippen LogP contribution in [-0.4, -0.2) is 15.5 Å². The summed E-state index contributed by atoms with van der Waals surface area (Å²) >= 11 is 1.66. The third kappa shape index (κ3) is 3.50. The van der Waals surface area contributed by atoms with E-state index in [1.54, 1.807) is 22.2 Å². The summed E-state index contributed by atoms with van der Waals surface area (Å²) in [6.45, 7) is 0.354. The Kier molecular flexibility index (Phi) is 4.96. The molecule has 2 heterocycles. The molecule has 150 valence electrons. The maximum absolute atomic E-state index is 13.0. The van der Waals surface area contributed by atoms with Crippen molar-refractivity contribution in [3.05, 3.63) is 56.4 Å². The number of nitrogens with one attached hydrogen (secondary N) is 1. The number of hydrogen-bond acceptors (Lipinski definition) is 4. The number of hydrogen-bond donors (Lipinski definition) is 1. The molecule has 0 saturated heterocycles. The van der Waals surface area contributed by atoms with Crippen LogP contribution in [0.5, 0.6) is 0 Å². The normalized spacial score (nSPS) is 15.7. The lowest BCUT2D eigenvalue weighted by Gasteiger charge is -2.19. The minimum atomic E-state index is -0.0525. The Morgan fingerprint density at radius 1 is 1.07 bits per heavy atom. The van der Waals surface area contributed by atoms with Gasteiger partial charge >= 0.3 is 0 Å². The first-order valence-corrected chi connectivity index (χ1v) is 11.4. The number of anilines is 1. The van der Waals surface area contributed by atoms with Gasteiger partial charge in [0.2, 0.25) is 5.91 Å². The number of benzene rings is 1. The molecule has 29 heavy (non-hydrogen) atoms. The molecule has 2 aliphatic carbocycles. The van der Waals surface area contributed by atoms with E-state index in [2.05, 4.69) is 16.4 Å². The van der Waals surface area contributed by atoms with Gasteiger partial charge < -0.3 is 5.32 Å². The van der Waals surface area contributed by atoms with Crippen LogP contribution in [-0.2, 0) is 37.0 Å². The summed E-state index contributed by atoms with van der Waals surface area (Å²) in [6.07, 6.45) is 10.7. The van der Waals surface area contributed by atoms with Gasteiger partial charge in [-0.15, -0.1) is 11.3 Å². The van der Waals surface area contributed by atoms with Gasteiger partial charge in [0.15, 0.2) is 0 Å². The number of carbonyl (C=O) groups excluding carboxylic acids is 1. The topological polar surface area (TPSA) is 64.0 Å². The number of nitrogens with zero attached hydrogens (tertiary/aromatic N) is 2. The molecule has 0 unspecified atom stereocenters. The number of rotatable bonds is 4. The quantitative estimate of drug-likeness (QED) is 0.703. The highest BCUT2D eigenvalue weighted by molar-refractivity contribution is 7.18. The molecule has 3 aromatic rings. The van der Waals surface area contributed by atoms with Gasteiger partial charge in [0.05, 0.1) is 11.7 Å². The van der Waals surface area contributed by atoms with Crippen molar-refractivity contribution in [2.24, 2.45) is 0 Å². The van der Waals surface area contributed by atoms with E-state index in [0.29, 0.717) is 6.54 Å². The zero-order valence-corrected chi connectivity index (χ0v) is 17.3. The van der Waals surface area contributed by atoms with Crippen molar-refractivity contribution in [3.63, 3.8) is 0 Å². The van der Waals surface area contributed by atoms with Crippen LogP contribution in [0, 0.1) is 0 Å².